The van der Waals surface area contributed by atoms with E-state index in [2.05, 4.69) is 52.8 Å². The van der Waals surface area contributed by atoms with Crippen molar-refractivity contribution in [2.45, 2.75) is 56.4 Å². The van der Waals surface area contributed by atoms with E-state index in [0.717, 1.165) is 11.8 Å². The van der Waals surface area contributed by atoms with Crippen LogP contribution in [0.4, 0.5) is 0 Å². The van der Waals surface area contributed by atoms with Gasteiger partial charge < -0.3 is 5.11 Å². The van der Waals surface area contributed by atoms with Gasteiger partial charge in [-0.25, -0.2) is 0 Å². The first kappa shape index (κ1) is 15.2. The average molecular weight is 289 g/mol. The Labute approximate surface area is 125 Å². The number of aryl methyl sites for hydroxylation is 1. The molecule has 0 spiro atoms. The highest BCUT2D eigenvalue weighted by molar-refractivity contribution is 7.98. The second kappa shape index (κ2) is 6.09. The second-order valence-corrected chi connectivity index (χ2v) is 8.81. The molecule has 0 amide bonds. The molecule has 0 bridgehead atoms. The molecule has 0 aliphatic carbocycles. The van der Waals surface area contributed by atoms with Gasteiger partial charge in [-0.15, -0.1) is 0 Å². The van der Waals surface area contributed by atoms with Gasteiger partial charge in [0, 0.05) is 21.7 Å². The molecule has 0 saturated carbocycles. The summed E-state index contributed by atoms with van der Waals surface area (Å²) in [5.74, 6) is 0.414. The van der Waals surface area contributed by atoms with E-state index in [9.17, 15) is 5.11 Å². The van der Waals surface area contributed by atoms with Crippen LogP contribution in [0.25, 0.3) is 10.8 Å². The van der Waals surface area contributed by atoms with Crippen LogP contribution in [0.15, 0.2) is 35.2 Å². The van der Waals surface area contributed by atoms with E-state index < -0.39 is 0 Å². The van der Waals surface area contributed by atoms with Crippen molar-refractivity contribution in [3.8, 4) is 5.75 Å². The van der Waals surface area contributed by atoms with Gasteiger partial charge in [-0.1, -0.05) is 19.1 Å². The lowest BCUT2D eigenvalue weighted by Gasteiger charge is -2.18. The fourth-order valence-corrected chi connectivity index (χ4v) is 5.74. The minimum Gasteiger partial charge on any atom is -0.507 e. The predicted molar refractivity (Wildman–Crippen MR) is 90.9 cm³/mol. The van der Waals surface area contributed by atoms with Gasteiger partial charge in [0.15, 0.2) is 4.90 Å². The van der Waals surface area contributed by atoms with Crippen LogP contribution < -0.4 is 0 Å². The summed E-state index contributed by atoms with van der Waals surface area (Å²) in [5.41, 5.74) is 1.23. The molecule has 2 rings (SSSR count). The third-order valence-electron chi connectivity index (χ3n) is 3.72. The molecule has 0 aromatic heterocycles. The van der Waals surface area contributed by atoms with E-state index in [0.29, 0.717) is 16.2 Å². The van der Waals surface area contributed by atoms with Gasteiger partial charge in [0.1, 0.15) is 16.2 Å². The Morgan fingerprint density at radius 2 is 1.65 bits per heavy atom. The first-order valence-corrected chi connectivity index (χ1v) is 8.77. The van der Waals surface area contributed by atoms with Gasteiger partial charge in [-0.05, 0) is 57.9 Å². The summed E-state index contributed by atoms with van der Waals surface area (Å²) in [6.45, 7) is 11.3. The van der Waals surface area contributed by atoms with Gasteiger partial charge in [-0.2, -0.15) is 0 Å². The quantitative estimate of drug-likeness (QED) is 0.794. The highest BCUT2D eigenvalue weighted by atomic mass is 32.2. The summed E-state index contributed by atoms with van der Waals surface area (Å²) < 4.78 is 0. The molecule has 20 heavy (non-hydrogen) atoms. The molecule has 0 fully saturated rings. The van der Waals surface area contributed by atoms with E-state index >= 15 is 0 Å². The number of aromatic hydroxyl groups is 1. The molecule has 0 aliphatic rings. The Morgan fingerprint density at radius 1 is 1.00 bits per heavy atom. The van der Waals surface area contributed by atoms with Crippen molar-refractivity contribution in [3.63, 3.8) is 0 Å². The van der Waals surface area contributed by atoms with Crippen molar-refractivity contribution in [1.82, 2.24) is 0 Å². The summed E-state index contributed by atoms with van der Waals surface area (Å²) in [6, 6.07) is 10.4. The zero-order chi connectivity index (χ0) is 14.9. The van der Waals surface area contributed by atoms with Crippen LogP contribution in [0, 0.1) is 0 Å². The number of benzene rings is 2. The third kappa shape index (κ3) is 2.67. The minimum atomic E-state index is 0.204. The van der Waals surface area contributed by atoms with Crippen LogP contribution in [0.1, 0.15) is 40.2 Å². The Bertz CT molecular complexity index is 594. The smallest absolute Gasteiger partial charge is 0.163 e. The van der Waals surface area contributed by atoms with Crippen LogP contribution in [0.2, 0.25) is 0 Å². The van der Waals surface area contributed by atoms with E-state index in [4.69, 9.17) is 0 Å². The first-order valence-electron chi connectivity index (χ1n) is 7.42. The number of hydrogen-bond donors (Lipinski definition) is 1. The van der Waals surface area contributed by atoms with Crippen molar-refractivity contribution in [3.05, 3.63) is 35.9 Å². The van der Waals surface area contributed by atoms with Crippen LogP contribution in [0.3, 0.4) is 0 Å². The van der Waals surface area contributed by atoms with E-state index in [1.165, 1.54) is 15.8 Å². The average Bonchev–Trinajstić information content (AvgIpc) is 2.38. The maximum absolute atomic E-state index is 10.3. The number of fused-ring (bicyclic) bond motifs is 1. The van der Waals surface area contributed by atoms with E-state index in [1.54, 1.807) is 6.07 Å². The van der Waals surface area contributed by atoms with Crippen LogP contribution in [-0.4, -0.2) is 15.6 Å². The standard InChI is InChI=1S/C18H24OS/c1-6-14-10-11-17(20(12(2)3)13(4)5)15-8-7-9-16(19)18(14)15/h7-13H,6H2,1-5H3/p+1. The molecule has 2 heteroatoms. The molecular weight excluding hydrogens is 264 g/mol. The molecule has 2 aromatic carbocycles. The van der Waals surface area contributed by atoms with Crippen molar-refractivity contribution in [1.29, 1.82) is 0 Å². The molecule has 0 atom stereocenters. The summed E-state index contributed by atoms with van der Waals surface area (Å²) >= 11 is 0. The fraction of sp³-hybridized carbons (Fsp3) is 0.444. The molecule has 1 N–H and O–H groups in total. The van der Waals surface area contributed by atoms with Gasteiger partial charge in [0.25, 0.3) is 0 Å². The molecule has 0 heterocycles. The third-order valence-corrected chi connectivity index (χ3v) is 6.61. The lowest BCUT2D eigenvalue weighted by molar-refractivity contribution is 0.481. The Hall–Kier alpha value is -1.15. The van der Waals surface area contributed by atoms with Crippen LogP contribution in [-0.2, 0) is 17.3 Å². The zero-order valence-corrected chi connectivity index (χ0v) is 13.9. The molecule has 0 unspecified atom stereocenters. The Kier molecular flexibility index (Phi) is 4.64. The predicted octanol–water partition coefficient (Wildman–Crippen LogP) is 4.90. The first-order chi connectivity index (χ1) is 9.47. The Balaban J connectivity index is 2.75. The summed E-state index contributed by atoms with van der Waals surface area (Å²) in [7, 11) is 0.204. The van der Waals surface area contributed by atoms with E-state index in [-0.39, 0.29) is 10.9 Å². The van der Waals surface area contributed by atoms with Gasteiger partial charge >= 0.3 is 0 Å². The molecule has 2 aromatic rings. The SMILES string of the molecule is CCc1ccc([S+](C(C)C)C(C)C)c2cccc(O)c12. The van der Waals surface area contributed by atoms with Crippen molar-refractivity contribution in [2.24, 2.45) is 0 Å². The highest BCUT2D eigenvalue weighted by Crippen LogP contribution is 2.36. The van der Waals surface area contributed by atoms with Crippen LogP contribution in [0.5, 0.6) is 5.75 Å². The largest absolute Gasteiger partial charge is 0.507 e. The maximum atomic E-state index is 10.3. The van der Waals surface area contributed by atoms with Gasteiger partial charge in [0.05, 0.1) is 0 Å². The van der Waals surface area contributed by atoms with Gasteiger partial charge in [-0.3, -0.25) is 0 Å². The normalized spacial score (nSPS) is 12.0. The van der Waals surface area contributed by atoms with E-state index in [1.807, 2.05) is 6.07 Å². The molecule has 0 saturated heterocycles. The van der Waals surface area contributed by atoms with Crippen molar-refractivity contribution < 1.29 is 5.11 Å². The molecule has 108 valence electrons. The number of phenols is 1. The molecular formula is C18H25OS+. The highest BCUT2D eigenvalue weighted by Gasteiger charge is 2.32. The monoisotopic (exact) mass is 289 g/mol. The van der Waals surface area contributed by atoms with Crippen molar-refractivity contribution in [2.75, 3.05) is 0 Å². The summed E-state index contributed by atoms with van der Waals surface area (Å²) in [4.78, 5) is 1.40. The molecule has 0 radical (unpaired) electrons. The number of hydrogen-bond acceptors (Lipinski definition) is 1. The fourth-order valence-electron chi connectivity index (χ4n) is 2.98. The van der Waals surface area contributed by atoms with Gasteiger partial charge in [0.2, 0.25) is 0 Å². The zero-order valence-electron chi connectivity index (χ0n) is 13.1. The van der Waals surface area contributed by atoms with Crippen LogP contribution >= 0.6 is 0 Å². The lowest BCUT2D eigenvalue weighted by Crippen LogP contribution is -2.24. The second-order valence-electron chi connectivity index (χ2n) is 5.75. The topological polar surface area (TPSA) is 20.2 Å². The Morgan fingerprint density at radius 3 is 2.20 bits per heavy atom. The number of rotatable bonds is 4. The summed E-state index contributed by atoms with van der Waals surface area (Å²) in [6.07, 6.45) is 0.950. The van der Waals surface area contributed by atoms with Crippen molar-refractivity contribution >= 4 is 21.7 Å². The number of phenolic OH excluding ortho intramolecular Hbond substituents is 1. The lowest BCUT2D eigenvalue weighted by atomic mass is 10.0. The summed E-state index contributed by atoms with van der Waals surface area (Å²) in [5, 5.41) is 13.8. The molecule has 0 aliphatic heterocycles. The molecule has 1 nitrogen and oxygen atoms in total. The maximum Gasteiger partial charge on any atom is 0.163 e. The minimum absolute atomic E-state index is 0.204.